The molecule has 7 nitrogen and oxygen atoms in total. The van der Waals surface area contributed by atoms with E-state index in [1.807, 2.05) is 47.4 Å². The van der Waals surface area contributed by atoms with Gasteiger partial charge in [-0.1, -0.05) is 30.3 Å². The maximum absolute atomic E-state index is 12.6. The van der Waals surface area contributed by atoms with Crippen molar-refractivity contribution in [3.8, 4) is 0 Å². The number of anilines is 2. The van der Waals surface area contributed by atoms with Crippen molar-refractivity contribution in [1.29, 1.82) is 0 Å². The van der Waals surface area contributed by atoms with Crippen molar-refractivity contribution in [2.45, 2.75) is 13.3 Å². The summed E-state index contributed by atoms with van der Waals surface area (Å²) in [5.74, 6) is -0.0925. The molecule has 29 heavy (non-hydrogen) atoms. The number of hydrogen-bond acceptors (Lipinski definition) is 4. The summed E-state index contributed by atoms with van der Waals surface area (Å²) in [5.41, 5.74) is 2.42. The molecule has 0 atom stereocenters. The number of rotatable bonds is 6. The van der Waals surface area contributed by atoms with E-state index in [-0.39, 0.29) is 17.7 Å². The normalized spacial score (nSPS) is 14.3. The second kappa shape index (κ2) is 9.84. The van der Waals surface area contributed by atoms with Crippen LogP contribution in [0.2, 0.25) is 0 Å². The minimum atomic E-state index is -0.121. The highest BCUT2D eigenvalue weighted by Gasteiger charge is 2.22. The van der Waals surface area contributed by atoms with Crippen LogP contribution in [0.15, 0.2) is 54.6 Å². The third-order valence-electron chi connectivity index (χ3n) is 4.78. The van der Waals surface area contributed by atoms with E-state index < -0.39 is 0 Å². The number of carbonyl (C=O) groups excluding carboxylic acids is 3. The summed E-state index contributed by atoms with van der Waals surface area (Å²) in [5, 5.41) is 5.60. The van der Waals surface area contributed by atoms with Crippen LogP contribution in [-0.2, 0) is 20.8 Å². The van der Waals surface area contributed by atoms with Crippen LogP contribution in [0.25, 0.3) is 0 Å². The van der Waals surface area contributed by atoms with Crippen LogP contribution in [0, 0.1) is 0 Å². The Morgan fingerprint density at radius 1 is 0.828 bits per heavy atom. The lowest BCUT2D eigenvalue weighted by molar-refractivity contribution is -0.132. The van der Waals surface area contributed by atoms with Gasteiger partial charge in [0.25, 0.3) is 0 Å². The first kappa shape index (κ1) is 20.5. The Bertz CT molecular complexity index is 844. The van der Waals surface area contributed by atoms with Gasteiger partial charge in [-0.2, -0.15) is 0 Å². The summed E-state index contributed by atoms with van der Waals surface area (Å²) in [6.45, 7) is 4.36. The molecule has 0 unspecified atom stereocenters. The quantitative estimate of drug-likeness (QED) is 0.785. The Labute approximate surface area is 170 Å². The number of hydrogen-bond donors (Lipinski definition) is 2. The molecule has 0 aromatic heterocycles. The van der Waals surface area contributed by atoms with Crippen molar-refractivity contribution in [1.82, 2.24) is 9.80 Å². The van der Waals surface area contributed by atoms with Gasteiger partial charge < -0.3 is 15.5 Å². The lowest BCUT2D eigenvalue weighted by atomic mass is 10.1. The van der Waals surface area contributed by atoms with Crippen LogP contribution in [0.3, 0.4) is 0 Å². The van der Waals surface area contributed by atoms with E-state index in [4.69, 9.17) is 0 Å². The zero-order valence-corrected chi connectivity index (χ0v) is 16.6. The van der Waals surface area contributed by atoms with Gasteiger partial charge >= 0.3 is 0 Å². The highest BCUT2D eigenvalue weighted by molar-refractivity contribution is 5.92. The van der Waals surface area contributed by atoms with Crippen LogP contribution in [0.4, 0.5) is 11.4 Å². The molecule has 152 valence electrons. The first-order valence-corrected chi connectivity index (χ1v) is 9.71. The SMILES string of the molecule is CC(=O)Nc1ccc(CC(=O)N2CCN(CC(=O)Nc3ccccc3)CC2)cc1. The second-order valence-electron chi connectivity index (χ2n) is 7.13. The molecule has 3 amide bonds. The van der Waals surface area contributed by atoms with Gasteiger partial charge in [-0.25, -0.2) is 0 Å². The van der Waals surface area contributed by atoms with Crippen molar-refractivity contribution in [3.05, 3.63) is 60.2 Å². The van der Waals surface area contributed by atoms with Crippen molar-refractivity contribution in [2.24, 2.45) is 0 Å². The largest absolute Gasteiger partial charge is 0.340 e. The molecule has 0 radical (unpaired) electrons. The summed E-state index contributed by atoms with van der Waals surface area (Å²) in [6.07, 6.45) is 0.328. The van der Waals surface area contributed by atoms with Crippen molar-refractivity contribution in [2.75, 3.05) is 43.4 Å². The summed E-state index contributed by atoms with van der Waals surface area (Å²) in [7, 11) is 0. The maximum atomic E-state index is 12.6. The number of nitrogens with one attached hydrogen (secondary N) is 2. The molecular formula is C22H26N4O3. The van der Waals surface area contributed by atoms with Crippen molar-refractivity contribution in [3.63, 3.8) is 0 Å². The lowest BCUT2D eigenvalue weighted by Gasteiger charge is -2.34. The number of carbonyl (C=O) groups is 3. The van der Waals surface area contributed by atoms with E-state index in [1.165, 1.54) is 6.92 Å². The molecule has 1 aliphatic heterocycles. The van der Waals surface area contributed by atoms with Crippen molar-refractivity contribution >= 4 is 29.1 Å². The summed E-state index contributed by atoms with van der Waals surface area (Å²) in [4.78, 5) is 39.7. The van der Waals surface area contributed by atoms with Gasteiger partial charge in [-0.3, -0.25) is 19.3 Å². The predicted octanol–water partition coefficient (Wildman–Crippen LogP) is 1.97. The maximum Gasteiger partial charge on any atom is 0.238 e. The predicted molar refractivity (Wildman–Crippen MR) is 113 cm³/mol. The molecule has 1 fully saturated rings. The van der Waals surface area contributed by atoms with Crippen LogP contribution >= 0.6 is 0 Å². The Hall–Kier alpha value is -3.19. The minimum absolute atomic E-state index is 0.0461. The van der Waals surface area contributed by atoms with E-state index in [1.54, 1.807) is 12.1 Å². The zero-order valence-electron chi connectivity index (χ0n) is 16.6. The third kappa shape index (κ3) is 6.43. The summed E-state index contributed by atoms with van der Waals surface area (Å²) in [6, 6.07) is 16.7. The number of para-hydroxylation sites is 1. The van der Waals surface area contributed by atoms with Crippen LogP contribution < -0.4 is 10.6 Å². The molecule has 2 aromatic carbocycles. The molecule has 2 aromatic rings. The number of benzene rings is 2. The Balaban J connectivity index is 1.42. The molecule has 7 heteroatoms. The molecule has 1 aliphatic rings. The molecule has 0 aliphatic carbocycles. The van der Waals surface area contributed by atoms with E-state index in [9.17, 15) is 14.4 Å². The van der Waals surface area contributed by atoms with Crippen molar-refractivity contribution < 1.29 is 14.4 Å². The van der Waals surface area contributed by atoms with Crippen LogP contribution in [-0.4, -0.2) is 60.2 Å². The van der Waals surface area contributed by atoms with Gasteiger partial charge in [0, 0.05) is 44.5 Å². The fourth-order valence-corrected chi connectivity index (χ4v) is 3.28. The number of nitrogens with zero attached hydrogens (tertiary/aromatic N) is 2. The van der Waals surface area contributed by atoms with Gasteiger partial charge in [0.05, 0.1) is 13.0 Å². The van der Waals surface area contributed by atoms with Gasteiger partial charge in [-0.15, -0.1) is 0 Å². The van der Waals surface area contributed by atoms with Crippen LogP contribution in [0.1, 0.15) is 12.5 Å². The van der Waals surface area contributed by atoms with Gasteiger partial charge in [0.2, 0.25) is 17.7 Å². The van der Waals surface area contributed by atoms with E-state index in [2.05, 4.69) is 15.5 Å². The van der Waals surface area contributed by atoms with Crippen LogP contribution in [0.5, 0.6) is 0 Å². The molecule has 0 saturated carbocycles. The zero-order chi connectivity index (χ0) is 20.6. The molecule has 0 bridgehead atoms. The number of piperazine rings is 1. The average molecular weight is 394 g/mol. The third-order valence-corrected chi connectivity index (χ3v) is 4.78. The highest BCUT2D eigenvalue weighted by Crippen LogP contribution is 2.12. The first-order valence-electron chi connectivity index (χ1n) is 9.71. The van der Waals surface area contributed by atoms with E-state index in [0.29, 0.717) is 39.1 Å². The van der Waals surface area contributed by atoms with E-state index in [0.717, 1.165) is 16.9 Å². The fraction of sp³-hybridized carbons (Fsp3) is 0.318. The molecule has 3 rings (SSSR count). The minimum Gasteiger partial charge on any atom is -0.340 e. The van der Waals surface area contributed by atoms with Gasteiger partial charge in [0.15, 0.2) is 0 Å². The Kier molecular flexibility index (Phi) is 6.97. The smallest absolute Gasteiger partial charge is 0.238 e. The van der Waals surface area contributed by atoms with E-state index >= 15 is 0 Å². The number of amides is 3. The highest BCUT2D eigenvalue weighted by atomic mass is 16.2. The summed E-state index contributed by atoms with van der Waals surface area (Å²) < 4.78 is 0. The topological polar surface area (TPSA) is 81.8 Å². The lowest BCUT2D eigenvalue weighted by Crippen LogP contribution is -2.50. The summed E-state index contributed by atoms with van der Waals surface area (Å²) >= 11 is 0. The second-order valence-corrected chi connectivity index (χ2v) is 7.13. The van der Waals surface area contributed by atoms with Gasteiger partial charge in [-0.05, 0) is 29.8 Å². The molecule has 0 spiro atoms. The molecule has 1 saturated heterocycles. The molecule has 1 heterocycles. The fourth-order valence-electron chi connectivity index (χ4n) is 3.28. The standard InChI is InChI=1S/C22H26N4O3/c1-17(27)23-20-9-7-18(8-10-20)15-22(29)26-13-11-25(12-14-26)16-21(28)24-19-5-3-2-4-6-19/h2-10H,11-16H2,1H3,(H,23,27)(H,24,28). The monoisotopic (exact) mass is 394 g/mol. The molecule has 2 N–H and O–H groups in total. The van der Waals surface area contributed by atoms with Gasteiger partial charge in [0.1, 0.15) is 0 Å². The molecular weight excluding hydrogens is 368 g/mol. The Morgan fingerprint density at radius 3 is 2.07 bits per heavy atom. The first-order chi connectivity index (χ1) is 14.0. The average Bonchev–Trinajstić information content (AvgIpc) is 2.70. The Morgan fingerprint density at radius 2 is 1.45 bits per heavy atom.